The van der Waals surface area contributed by atoms with Gasteiger partial charge in [-0.2, -0.15) is 0 Å². The highest BCUT2D eigenvalue weighted by Gasteiger charge is 2.17. The van der Waals surface area contributed by atoms with Crippen LogP contribution in [0.5, 0.6) is 5.75 Å². The first-order valence-corrected chi connectivity index (χ1v) is 9.59. The molecule has 2 aromatic rings. The number of carbonyl (C=O) groups is 1. The highest BCUT2D eigenvalue weighted by atomic mass is 19.1. The lowest BCUT2D eigenvalue weighted by Crippen LogP contribution is -2.35. The number of hydrogen-bond donors (Lipinski definition) is 5. The van der Waals surface area contributed by atoms with Gasteiger partial charge in [0, 0.05) is 24.4 Å². The lowest BCUT2D eigenvalue weighted by molar-refractivity contribution is 0.0916. The van der Waals surface area contributed by atoms with Crippen LogP contribution in [0.25, 0.3) is 12.3 Å². The molecule has 2 rings (SSSR count). The minimum Gasteiger partial charge on any atom is -0.494 e. The van der Waals surface area contributed by atoms with E-state index in [-0.39, 0.29) is 18.4 Å². The Labute approximate surface area is 174 Å². The second-order valence-electron chi connectivity index (χ2n) is 6.81. The molecule has 30 heavy (non-hydrogen) atoms. The Kier molecular flexibility index (Phi) is 8.79. The van der Waals surface area contributed by atoms with Crippen LogP contribution >= 0.6 is 0 Å². The number of aliphatic hydroxyl groups excluding tert-OH is 2. The van der Waals surface area contributed by atoms with Crippen LogP contribution in [-0.2, 0) is 0 Å². The van der Waals surface area contributed by atoms with E-state index in [1.807, 2.05) is 0 Å². The van der Waals surface area contributed by atoms with E-state index in [1.165, 1.54) is 25.4 Å². The summed E-state index contributed by atoms with van der Waals surface area (Å²) in [6.45, 7) is -0.356. The standard InChI is InChI=1S/C22H28FN3O4/c1-30-21-7-6-14(11-19(21)23)20(13-28)26-22(29)15-4-5-16(12-24)17(9-15)10-18(25)3-2-8-27/h4-7,9-12,18,20,27-28H,2-3,8,13,24-25H2,1H3,(H,26,29)/b16-12-,17-10-. The van der Waals surface area contributed by atoms with E-state index in [4.69, 9.17) is 21.3 Å². The van der Waals surface area contributed by atoms with Gasteiger partial charge in [-0.1, -0.05) is 18.2 Å². The number of nitrogens with one attached hydrogen (secondary N) is 1. The smallest absolute Gasteiger partial charge is 0.251 e. The fourth-order valence-electron chi connectivity index (χ4n) is 3.03. The van der Waals surface area contributed by atoms with Crippen molar-refractivity contribution in [3.63, 3.8) is 0 Å². The van der Waals surface area contributed by atoms with Gasteiger partial charge in [-0.3, -0.25) is 4.79 Å². The molecule has 1 amide bonds. The number of benzene rings is 2. The minimum absolute atomic E-state index is 0.0500. The molecular formula is C22H28FN3O4. The number of amides is 1. The number of carbonyl (C=O) groups excluding carboxylic acids is 1. The van der Waals surface area contributed by atoms with Crippen molar-refractivity contribution in [3.05, 3.63) is 63.8 Å². The van der Waals surface area contributed by atoms with Crippen molar-refractivity contribution in [3.8, 4) is 5.75 Å². The van der Waals surface area contributed by atoms with Gasteiger partial charge in [-0.05, 0) is 53.1 Å². The highest BCUT2D eigenvalue weighted by molar-refractivity contribution is 5.94. The molecule has 0 aliphatic rings. The molecule has 0 radical (unpaired) electrons. The first-order valence-electron chi connectivity index (χ1n) is 9.59. The maximum Gasteiger partial charge on any atom is 0.251 e. The number of hydrogen-bond acceptors (Lipinski definition) is 6. The number of rotatable bonds is 9. The van der Waals surface area contributed by atoms with Crippen LogP contribution < -0.4 is 32.0 Å². The summed E-state index contributed by atoms with van der Waals surface area (Å²) in [6, 6.07) is 8.08. The van der Waals surface area contributed by atoms with Gasteiger partial charge in [-0.15, -0.1) is 0 Å². The molecule has 0 fully saturated rings. The Balaban J connectivity index is 2.28. The van der Waals surface area contributed by atoms with Crippen LogP contribution in [0.3, 0.4) is 0 Å². The molecule has 0 aromatic heterocycles. The first kappa shape index (κ1) is 23.3. The van der Waals surface area contributed by atoms with Gasteiger partial charge >= 0.3 is 0 Å². The third-order valence-corrected chi connectivity index (χ3v) is 4.68. The third kappa shape index (κ3) is 6.03. The summed E-state index contributed by atoms with van der Waals surface area (Å²) >= 11 is 0. The van der Waals surface area contributed by atoms with Gasteiger partial charge in [0.1, 0.15) is 0 Å². The summed E-state index contributed by atoms with van der Waals surface area (Å²) in [6.07, 6.45) is 4.36. The second-order valence-corrected chi connectivity index (χ2v) is 6.81. The van der Waals surface area contributed by atoms with Gasteiger partial charge in [0.05, 0.1) is 19.8 Å². The Hall–Kier alpha value is -2.94. The molecule has 0 spiro atoms. The van der Waals surface area contributed by atoms with Gasteiger partial charge in [-0.25, -0.2) is 4.39 Å². The van der Waals surface area contributed by atoms with Crippen LogP contribution in [0.4, 0.5) is 4.39 Å². The molecule has 2 atom stereocenters. The van der Waals surface area contributed by atoms with Crippen LogP contribution in [0, 0.1) is 5.82 Å². The van der Waals surface area contributed by atoms with Crippen LogP contribution in [0.1, 0.15) is 34.8 Å². The normalized spacial score (nSPS) is 14.4. The van der Waals surface area contributed by atoms with Crippen LogP contribution in [-0.4, -0.2) is 42.5 Å². The van der Waals surface area contributed by atoms with Crippen molar-refractivity contribution >= 4 is 18.2 Å². The fraction of sp³-hybridized carbons (Fsp3) is 0.318. The first-order chi connectivity index (χ1) is 14.4. The van der Waals surface area contributed by atoms with Crippen molar-refractivity contribution in [2.24, 2.45) is 11.5 Å². The zero-order valence-corrected chi connectivity index (χ0v) is 16.8. The SMILES string of the molecule is COc1ccc(C(CO)NC(=O)c2ccc(=C/N)/c(=C\C(N)CCCO)c2)cc1F. The van der Waals surface area contributed by atoms with E-state index >= 15 is 0 Å². The number of methoxy groups -OCH3 is 1. The molecule has 0 saturated carbocycles. The Bertz CT molecular complexity index is 981. The van der Waals surface area contributed by atoms with Crippen LogP contribution in [0.15, 0.2) is 36.4 Å². The topological polar surface area (TPSA) is 131 Å². The van der Waals surface area contributed by atoms with E-state index < -0.39 is 24.4 Å². The molecule has 162 valence electrons. The Morgan fingerprint density at radius 2 is 2.00 bits per heavy atom. The zero-order chi connectivity index (χ0) is 22.1. The molecule has 0 saturated heterocycles. The average Bonchev–Trinajstić information content (AvgIpc) is 2.75. The van der Waals surface area contributed by atoms with Gasteiger partial charge in [0.25, 0.3) is 5.91 Å². The predicted molar refractivity (Wildman–Crippen MR) is 113 cm³/mol. The molecule has 0 heterocycles. The molecular weight excluding hydrogens is 389 g/mol. The third-order valence-electron chi connectivity index (χ3n) is 4.68. The number of ether oxygens (including phenoxy) is 1. The molecule has 2 unspecified atom stereocenters. The zero-order valence-electron chi connectivity index (χ0n) is 16.8. The summed E-state index contributed by atoms with van der Waals surface area (Å²) in [5, 5.41) is 22.7. The van der Waals surface area contributed by atoms with Crippen molar-refractivity contribution in [1.29, 1.82) is 0 Å². The van der Waals surface area contributed by atoms with E-state index in [2.05, 4.69) is 5.32 Å². The molecule has 0 bridgehead atoms. The van der Waals surface area contributed by atoms with Gasteiger partial charge in [0.15, 0.2) is 11.6 Å². The summed E-state index contributed by atoms with van der Waals surface area (Å²) in [7, 11) is 1.36. The quantitative estimate of drug-likeness (QED) is 0.387. The fourth-order valence-corrected chi connectivity index (χ4v) is 3.03. The van der Waals surface area contributed by atoms with Crippen LogP contribution in [0.2, 0.25) is 0 Å². The summed E-state index contributed by atoms with van der Waals surface area (Å²) < 4.78 is 18.9. The monoisotopic (exact) mass is 417 g/mol. The van der Waals surface area contributed by atoms with E-state index in [1.54, 1.807) is 30.3 Å². The number of aliphatic hydroxyl groups is 2. The van der Waals surface area contributed by atoms with E-state index in [9.17, 15) is 14.3 Å². The molecule has 7 N–H and O–H groups in total. The van der Waals surface area contributed by atoms with Crippen molar-refractivity contribution < 1.29 is 24.1 Å². The number of nitrogens with two attached hydrogens (primary N) is 2. The maximum atomic E-state index is 14.0. The molecule has 0 aliphatic heterocycles. The summed E-state index contributed by atoms with van der Waals surface area (Å²) in [5.41, 5.74) is 12.5. The maximum absolute atomic E-state index is 14.0. The Morgan fingerprint density at radius 3 is 2.60 bits per heavy atom. The molecule has 0 aliphatic carbocycles. The molecule has 2 aromatic carbocycles. The molecule has 7 nitrogen and oxygen atoms in total. The largest absolute Gasteiger partial charge is 0.494 e. The van der Waals surface area contributed by atoms with E-state index in [0.717, 1.165) is 0 Å². The lowest BCUT2D eigenvalue weighted by Gasteiger charge is -2.17. The van der Waals surface area contributed by atoms with Crippen molar-refractivity contribution in [1.82, 2.24) is 5.32 Å². The average molecular weight is 417 g/mol. The van der Waals surface area contributed by atoms with E-state index in [0.29, 0.717) is 34.4 Å². The minimum atomic E-state index is -0.794. The lowest BCUT2D eigenvalue weighted by atomic mass is 10.0. The number of halogens is 1. The van der Waals surface area contributed by atoms with Crippen molar-refractivity contribution in [2.75, 3.05) is 20.3 Å². The summed E-state index contributed by atoms with van der Waals surface area (Å²) in [5.74, 6) is -0.945. The predicted octanol–water partition coefficient (Wildman–Crippen LogP) is -0.125. The second kappa shape index (κ2) is 11.3. The van der Waals surface area contributed by atoms with Gasteiger partial charge < -0.3 is 31.7 Å². The van der Waals surface area contributed by atoms with Gasteiger partial charge in [0.2, 0.25) is 0 Å². The summed E-state index contributed by atoms with van der Waals surface area (Å²) in [4.78, 5) is 12.7. The Morgan fingerprint density at radius 1 is 1.23 bits per heavy atom. The molecule has 8 heteroatoms. The van der Waals surface area contributed by atoms with Crippen molar-refractivity contribution in [2.45, 2.75) is 24.9 Å². The highest BCUT2D eigenvalue weighted by Crippen LogP contribution is 2.22.